The lowest BCUT2D eigenvalue weighted by Gasteiger charge is -2.57. The van der Waals surface area contributed by atoms with E-state index in [-0.39, 0.29) is 23.9 Å². The molecule has 2 aromatic rings. The fraction of sp³-hybridized carbons (Fsp3) is 0.576. The molecule has 228 valence electrons. The summed E-state index contributed by atoms with van der Waals surface area (Å²) in [5.41, 5.74) is 2.62. The number of hydrogen-bond donors (Lipinski definition) is 1. The maximum atomic E-state index is 13.9. The molecule has 42 heavy (non-hydrogen) atoms. The molecule has 2 atom stereocenters. The first kappa shape index (κ1) is 30.9. The van der Waals surface area contributed by atoms with Crippen molar-refractivity contribution in [3.63, 3.8) is 0 Å². The van der Waals surface area contributed by atoms with Gasteiger partial charge in [-0.1, -0.05) is 48.9 Å². The van der Waals surface area contributed by atoms with Crippen LogP contribution in [-0.4, -0.2) is 50.0 Å². The van der Waals surface area contributed by atoms with Crippen molar-refractivity contribution in [3.05, 3.63) is 64.7 Å². The number of benzene rings is 2. The molecule has 4 saturated carbocycles. The molecule has 4 fully saturated rings. The molecule has 2 amide bonds. The van der Waals surface area contributed by atoms with Crippen LogP contribution in [0.2, 0.25) is 5.02 Å². The van der Waals surface area contributed by atoms with Gasteiger partial charge in [-0.3, -0.25) is 13.9 Å². The van der Waals surface area contributed by atoms with Crippen molar-refractivity contribution in [2.24, 2.45) is 17.8 Å². The molecular weight excluding hydrogens is 570 g/mol. The van der Waals surface area contributed by atoms with Gasteiger partial charge < -0.3 is 10.2 Å². The molecule has 0 heterocycles. The minimum atomic E-state index is -3.80. The minimum Gasteiger partial charge on any atom is -0.352 e. The fourth-order valence-electron chi connectivity index (χ4n) is 7.92. The fourth-order valence-corrected chi connectivity index (χ4v) is 8.96. The monoisotopic (exact) mass is 613 g/mol. The summed E-state index contributed by atoms with van der Waals surface area (Å²) in [7, 11) is -3.80. The number of sulfonamides is 1. The van der Waals surface area contributed by atoms with E-state index in [1.807, 2.05) is 32.0 Å². The normalized spacial score (nSPS) is 26.0. The van der Waals surface area contributed by atoms with Crippen LogP contribution in [0.25, 0.3) is 0 Å². The highest BCUT2D eigenvalue weighted by molar-refractivity contribution is 7.92. The zero-order valence-corrected chi connectivity index (χ0v) is 26.8. The predicted molar refractivity (Wildman–Crippen MR) is 168 cm³/mol. The third kappa shape index (κ3) is 6.49. The van der Waals surface area contributed by atoms with Gasteiger partial charge >= 0.3 is 0 Å². The Bertz CT molecular complexity index is 1380. The molecule has 0 aromatic heterocycles. The lowest BCUT2D eigenvalue weighted by molar-refractivity contribution is -0.139. The maximum absolute atomic E-state index is 13.9. The number of halogens is 1. The second-order valence-electron chi connectivity index (χ2n) is 13.1. The zero-order valence-electron chi connectivity index (χ0n) is 25.2. The first-order valence-electron chi connectivity index (χ1n) is 15.3. The van der Waals surface area contributed by atoms with E-state index in [0.29, 0.717) is 16.3 Å². The number of carbonyl (C=O) groups excluding carboxylic acids is 2. The summed E-state index contributed by atoms with van der Waals surface area (Å²) < 4.78 is 27.3. The largest absolute Gasteiger partial charge is 0.352 e. The summed E-state index contributed by atoms with van der Waals surface area (Å²) in [6.45, 7) is 5.21. The van der Waals surface area contributed by atoms with Crippen LogP contribution in [0.4, 0.5) is 5.69 Å². The van der Waals surface area contributed by atoms with Gasteiger partial charge in [0.25, 0.3) is 0 Å². The van der Waals surface area contributed by atoms with Crippen LogP contribution in [0.3, 0.4) is 0 Å². The van der Waals surface area contributed by atoms with Crippen LogP contribution in [0, 0.1) is 17.8 Å². The highest BCUT2D eigenvalue weighted by Gasteiger charge is 2.51. The van der Waals surface area contributed by atoms with E-state index >= 15 is 0 Å². The van der Waals surface area contributed by atoms with Gasteiger partial charge in [-0.15, -0.1) is 0 Å². The number of anilines is 1. The van der Waals surface area contributed by atoms with Crippen molar-refractivity contribution in [1.29, 1.82) is 0 Å². The second kappa shape index (κ2) is 12.2. The van der Waals surface area contributed by atoms with Gasteiger partial charge in [0.2, 0.25) is 21.8 Å². The van der Waals surface area contributed by atoms with Crippen LogP contribution in [0.15, 0.2) is 48.5 Å². The number of nitrogens with zero attached hydrogens (tertiary/aromatic N) is 2. The quantitative estimate of drug-likeness (QED) is 0.342. The Balaban J connectivity index is 1.39. The van der Waals surface area contributed by atoms with E-state index in [1.54, 1.807) is 25.1 Å². The summed E-state index contributed by atoms with van der Waals surface area (Å²) in [6, 6.07) is 14.1. The number of carbonyl (C=O) groups is 2. The van der Waals surface area contributed by atoms with Crippen LogP contribution < -0.4 is 9.62 Å². The Morgan fingerprint density at radius 3 is 2.07 bits per heavy atom. The molecule has 0 spiro atoms. The summed E-state index contributed by atoms with van der Waals surface area (Å²) in [5.74, 6) is 1.66. The zero-order chi connectivity index (χ0) is 30.2. The van der Waals surface area contributed by atoms with E-state index in [2.05, 4.69) is 17.4 Å². The third-order valence-electron chi connectivity index (χ3n) is 9.95. The SMILES string of the molecule is CC[C@@H](C)NC(=O)[C@H](C)N(Cc1ccccc1Cl)C(=O)CN(c1ccc(C23CC4CC(CC(C4)C2)C3)cc1)S(C)(=O)=O. The summed E-state index contributed by atoms with van der Waals surface area (Å²) in [4.78, 5) is 28.4. The van der Waals surface area contributed by atoms with Crippen molar-refractivity contribution in [2.45, 2.75) is 89.8 Å². The van der Waals surface area contributed by atoms with Crippen molar-refractivity contribution in [1.82, 2.24) is 10.2 Å². The lowest BCUT2D eigenvalue weighted by atomic mass is 9.48. The molecule has 0 unspecified atom stereocenters. The topological polar surface area (TPSA) is 86.8 Å². The van der Waals surface area contributed by atoms with Crippen LogP contribution >= 0.6 is 11.6 Å². The molecular formula is C33H44ClN3O4S. The van der Waals surface area contributed by atoms with Crippen molar-refractivity contribution < 1.29 is 18.0 Å². The molecule has 4 aliphatic carbocycles. The van der Waals surface area contributed by atoms with Gasteiger partial charge in [0.05, 0.1) is 11.9 Å². The average molecular weight is 614 g/mol. The van der Waals surface area contributed by atoms with Gasteiger partial charge in [0.15, 0.2) is 0 Å². The Morgan fingerprint density at radius 2 is 1.55 bits per heavy atom. The highest BCUT2D eigenvalue weighted by Crippen LogP contribution is 2.60. The summed E-state index contributed by atoms with van der Waals surface area (Å²) in [6.07, 6.45) is 9.61. The van der Waals surface area contributed by atoms with Gasteiger partial charge in [-0.05, 0) is 111 Å². The molecule has 9 heteroatoms. The van der Waals surface area contributed by atoms with Gasteiger partial charge in [-0.2, -0.15) is 0 Å². The van der Waals surface area contributed by atoms with E-state index in [9.17, 15) is 18.0 Å². The standard InChI is InChI=1S/C33H44ClN3O4S/c1-5-22(2)35-32(39)23(3)36(20-27-8-6-7-9-30(27)34)31(38)21-37(42(4,40)41)29-12-10-28(11-13-29)33-17-24-14-25(18-33)16-26(15-24)19-33/h6-13,22-26H,5,14-21H2,1-4H3,(H,35,39)/t22-,23+,24?,25?,26?,33?/m1/s1. The van der Waals surface area contributed by atoms with Crippen LogP contribution in [0.5, 0.6) is 0 Å². The Hall–Kier alpha value is -2.58. The lowest BCUT2D eigenvalue weighted by Crippen LogP contribution is -2.52. The van der Waals surface area contributed by atoms with Crippen molar-refractivity contribution >= 4 is 39.1 Å². The van der Waals surface area contributed by atoms with Gasteiger partial charge in [0, 0.05) is 17.6 Å². The number of hydrogen-bond acceptors (Lipinski definition) is 4. The second-order valence-corrected chi connectivity index (χ2v) is 15.4. The molecule has 6 rings (SSSR count). The molecule has 4 bridgehead atoms. The number of amides is 2. The Morgan fingerprint density at radius 1 is 0.976 bits per heavy atom. The van der Waals surface area contributed by atoms with Crippen molar-refractivity contribution in [2.75, 3.05) is 17.1 Å². The first-order valence-corrected chi connectivity index (χ1v) is 17.5. The van der Waals surface area contributed by atoms with E-state index in [1.165, 1.54) is 49.0 Å². The smallest absolute Gasteiger partial charge is 0.244 e. The number of nitrogens with one attached hydrogen (secondary N) is 1. The van der Waals surface area contributed by atoms with Gasteiger partial charge in [0.1, 0.15) is 12.6 Å². The number of rotatable bonds is 11. The van der Waals surface area contributed by atoms with E-state index < -0.39 is 28.5 Å². The van der Waals surface area contributed by atoms with Crippen molar-refractivity contribution in [3.8, 4) is 0 Å². The first-order chi connectivity index (χ1) is 19.9. The molecule has 4 aliphatic rings. The van der Waals surface area contributed by atoms with Gasteiger partial charge in [-0.25, -0.2) is 8.42 Å². The minimum absolute atomic E-state index is 0.0581. The molecule has 0 aliphatic heterocycles. The van der Waals surface area contributed by atoms with E-state index in [4.69, 9.17) is 11.6 Å². The third-order valence-corrected chi connectivity index (χ3v) is 11.5. The summed E-state index contributed by atoms with van der Waals surface area (Å²) >= 11 is 6.42. The highest BCUT2D eigenvalue weighted by atomic mass is 35.5. The molecule has 1 N–H and O–H groups in total. The summed E-state index contributed by atoms with van der Waals surface area (Å²) in [5, 5.41) is 3.42. The molecule has 0 radical (unpaired) electrons. The Labute approximate surface area is 256 Å². The van der Waals surface area contributed by atoms with Crippen LogP contribution in [0.1, 0.15) is 76.8 Å². The molecule has 0 saturated heterocycles. The molecule has 7 nitrogen and oxygen atoms in total. The van der Waals surface area contributed by atoms with Crippen LogP contribution in [-0.2, 0) is 31.6 Å². The Kier molecular flexibility index (Phi) is 8.96. The predicted octanol–water partition coefficient (Wildman–Crippen LogP) is 5.91. The molecule has 2 aromatic carbocycles. The van der Waals surface area contributed by atoms with E-state index in [0.717, 1.165) is 34.7 Å². The average Bonchev–Trinajstić information content (AvgIpc) is 2.93. The maximum Gasteiger partial charge on any atom is 0.244 e.